The highest BCUT2D eigenvalue weighted by Crippen LogP contribution is 2.24. The number of hydrogen-bond donors (Lipinski definition) is 2. The summed E-state index contributed by atoms with van der Waals surface area (Å²) in [4.78, 5) is 0. The summed E-state index contributed by atoms with van der Waals surface area (Å²) < 4.78 is 1.50. The minimum Gasteiger partial charge on any atom is -0.395 e. The molecule has 0 radical (unpaired) electrons. The monoisotopic (exact) mass is 189 g/mol. The van der Waals surface area contributed by atoms with E-state index in [2.05, 4.69) is 5.10 Å². The number of nitrogens with two attached hydrogens (primary N) is 1. The van der Waals surface area contributed by atoms with E-state index in [1.54, 1.807) is 0 Å². The van der Waals surface area contributed by atoms with Gasteiger partial charge in [-0.25, -0.2) is 4.68 Å². The Morgan fingerprint density at radius 1 is 1.75 bits per heavy atom. The van der Waals surface area contributed by atoms with Gasteiger partial charge >= 0.3 is 0 Å². The van der Waals surface area contributed by atoms with Gasteiger partial charge in [0.05, 0.1) is 24.0 Å². The molecular formula is C7H12ClN3O. The Bertz CT molecular complexity index is 282. The number of nitrogen functional groups attached to an aromatic ring is 1. The Morgan fingerprint density at radius 2 is 2.33 bits per heavy atom. The van der Waals surface area contributed by atoms with Crippen molar-refractivity contribution in [2.45, 2.75) is 19.4 Å². The number of aliphatic hydroxyl groups excluding tert-OH is 1. The molecule has 0 bridgehead atoms. The first-order chi connectivity index (χ1) is 5.49. The predicted molar refractivity (Wildman–Crippen MR) is 48.1 cm³/mol. The van der Waals surface area contributed by atoms with Crippen LogP contribution < -0.4 is 5.73 Å². The van der Waals surface area contributed by atoms with E-state index in [9.17, 15) is 0 Å². The molecule has 5 heteroatoms. The van der Waals surface area contributed by atoms with Crippen LogP contribution in [-0.2, 0) is 5.54 Å². The summed E-state index contributed by atoms with van der Waals surface area (Å²) in [6.07, 6.45) is 1.47. The van der Waals surface area contributed by atoms with Crippen LogP contribution in [0.25, 0.3) is 0 Å². The van der Waals surface area contributed by atoms with Crippen molar-refractivity contribution in [3.8, 4) is 0 Å². The first-order valence-electron chi connectivity index (χ1n) is 3.59. The second kappa shape index (κ2) is 2.95. The summed E-state index contributed by atoms with van der Waals surface area (Å²) in [6, 6.07) is 0. The Balaban J connectivity index is 3.11. The normalized spacial score (nSPS) is 12.0. The van der Waals surface area contributed by atoms with E-state index in [1.165, 1.54) is 10.9 Å². The van der Waals surface area contributed by atoms with Crippen LogP contribution in [0.5, 0.6) is 0 Å². The fraction of sp³-hybridized carbons (Fsp3) is 0.571. The Morgan fingerprint density at radius 3 is 2.67 bits per heavy atom. The van der Waals surface area contributed by atoms with Crippen molar-refractivity contribution in [1.82, 2.24) is 9.78 Å². The van der Waals surface area contributed by atoms with Crippen LogP contribution in [-0.4, -0.2) is 21.5 Å². The first kappa shape index (κ1) is 9.35. The average Bonchev–Trinajstić information content (AvgIpc) is 2.33. The fourth-order valence-corrected chi connectivity index (χ4v) is 1.16. The molecule has 0 saturated heterocycles. The topological polar surface area (TPSA) is 64.1 Å². The molecule has 3 N–H and O–H groups in total. The number of halogens is 1. The van der Waals surface area contributed by atoms with Crippen molar-refractivity contribution in [3.05, 3.63) is 11.3 Å². The molecule has 1 aromatic heterocycles. The molecule has 12 heavy (non-hydrogen) atoms. The van der Waals surface area contributed by atoms with Gasteiger partial charge in [-0.05, 0) is 13.8 Å². The van der Waals surface area contributed by atoms with Gasteiger partial charge in [0, 0.05) is 0 Å². The molecule has 0 saturated carbocycles. The SMILES string of the molecule is CC(C)(CO)n1ncc(N)c1Cl. The molecule has 1 aromatic rings. The van der Waals surface area contributed by atoms with Gasteiger partial charge < -0.3 is 10.8 Å². The molecule has 0 atom stereocenters. The van der Waals surface area contributed by atoms with Crippen LogP contribution in [0.2, 0.25) is 5.15 Å². The largest absolute Gasteiger partial charge is 0.395 e. The van der Waals surface area contributed by atoms with E-state index in [1.807, 2.05) is 13.8 Å². The van der Waals surface area contributed by atoms with Gasteiger partial charge in [0.1, 0.15) is 0 Å². The van der Waals surface area contributed by atoms with Gasteiger partial charge in [0.2, 0.25) is 0 Å². The summed E-state index contributed by atoms with van der Waals surface area (Å²) in [5.41, 5.74) is 5.42. The van der Waals surface area contributed by atoms with E-state index < -0.39 is 5.54 Å². The zero-order valence-electron chi connectivity index (χ0n) is 7.08. The minimum atomic E-state index is -0.505. The second-order valence-corrected chi connectivity index (χ2v) is 3.63. The Hall–Kier alpha value is -0.740. The number of aliphatic hydroxyl groups is 1. The van der Waals surface area contributed by atoms with Gasteiger partial charge in [-0.1, -0.05) is 11.6 Å². The zero-order chi connectivity index (χ0) is 9.35. The van der Waals surface area contributed by atoms with Crippen LogP contribution in [0, 0.1) is 0 Å². The van der Waals surface area contributed by atoms with Crippen molar-refractivity contribution in [3.63, 3.8) is 0 Å². The molecule has 0 aliphatic rings. The van der Waals surface area contributed by atoms with Crippen molar-refractivity contribution < 1.29 is 5.11 Å². The smallest absolute Gasteiger partial charge is 0.150 e. The molecule has 0 fully saturated rings. The average molecular weight is 190 g/mol. The number of rotatable bonds is 2. The third kappa shape index (κ3) is 1.40. The van der Waals surface area contributed by atoms with E-state index in [0.717, 1.165) is 0 Å². The highest BCUT2D eigenvalue weighted by Gasteiger charge is 2.23. The molecule has 0 aliphatic carbocycles. The van der Waals surface area contributed by atoms with Gasteiger partial charge in [0.15, 0.2) is 5.15 Å². The quantitative estimate of drug-likeness (QED) is 0.725. The van der Waals surface area contributed by atoms with Crippen molar-refractivity contribution in [1.29, 1.82) is 0 Å². The third-order valence-electron chi connectivity index (χ3n) is 1.70. The Kier molecular flexibility index (Phi) is 2.30. The molecule has 68 valence electrons. The summed E-state index contributed by atoms with van der Waals surface area (Å²) in [5.74, 6) is 0. The number of nitrogens with zero attached hydrogens (tertiary/aromatic N) is 2. The molecule has 0 aliphatic heterocycles. The maximum atomic E-state index is 9.02. The maximum Gasteiger partial charge on any atom is 0.150 e. The maximum absolute atomic E-state index is 9.02. The van der Waals surface area contributed by atoms with E-state index in [0.29, 0.717) is 10.8 Å². The molecule has 4 nitrogen and oxygen atoms in total. The lowest BCUT2D eigenvalue weighted by Gasteiger charge is -2.23. The lowest BCUT2D eigenvalue weighted by molar-refractivity contribution is 0.152. The van der Waals surface area contributed by atoms with E-state index >= 15 is 0 Å². The highest BCUT2D eigenvalue weighted by molar-refractivity contribution is 6.32. The molecule has 0 spiro atoms. The molecule has 0 unspecified atom stereocenters. The molecular weight excluding hydrogens is 178 g/mol. The van der Waals surface area contributed by atoms with Crippen LogP contribution in [0.3, 0.4) is 0 Å². The van der Waals surface area contributed by atoms with Gasteiger partial charge in [-0.15, -0.1) is 0 Å². The molecule has 1 heterocycles. The van der Waals surface area contributed by atoms with Crippen molar-refractivity contribution >= 4 is 17.3 Å². The van der Waals surface area contributed by atoms with Gasteiger partial charge in [0.25, 0.3) is 0 Å². The van der Waals surface area contributed by atoms with Gasteiger partial charge in [-0.2, -0.15) is 5.10 Å². The number of hydrogen-bond acceptors (Lipinski definition) is 3. The third-order valence-corrected chi connectivity index (χ3v) is 2.08. The summed E-state index contributed by atoms with van der Waals surface area (Å²) in [7, 11) is 0. The fourth-order valence-electron chi connectivity index (χ4n) is 0.835. The van der Waals surface area contributed by atoms with Crippen molar-refractivity contribution in [2.24, 2.45) is 0 Å². The number of aromatic nitrogens is 2. The van der Waals surface area contributed by atoms with Crippen molar-refractivity contribution in [2.75, 3.05) is 12.3 Å². The van der Waals surface area contributed by atoms with Crippen LogP contribution in [0.15, 0.2) is 6.20 Å². The summed E-state index contributed by atoms with van der Waals surface area (Å²) in [6.45, 7) is 3.62. The highest BCUT2D eigenvalue weighted by atomic mass is 35.5. The van der Waals surface area contributed by atoms with E-state index in [4.69, 9.17) is 22.4 Å². The van der Waals surface area contributed by atoms with Gasteiger partial charge in [-0.3, -0.25) is 0 Å². The molecule has 0 aromatic carbocycles. The lowest BCUT2D eigenvalue weighted by Crippen LogP contribution is -2.31. The summed E-state index contributed by atoms with van der Waals surface area (Å²) in [5, 5.41) is 13.3. The number of anilines is 1. The lowest BCUT2D eigenvalue weighted by atomic mass is 10.1. The van der Waals surface area contributed by atoms with Crippen LogP contribution in [0.4, 0.5) is 5.69 Å². The predicted octanol–water partition coefficient (Wildman–Crippen LogP) is 0.846. The Labute approximate surface area is 75.9 Å². The molecule has 0 amide bonds. The second-order valence-electron chi connectivity index (χ2n) is 3.27. The molecule has 1 rings (SSSR count). The minimum absolute atomic E-state index is 0.0339. The zero-order valence-corrected chi connectivity index (χ0v) is 7.84. The van der Waals surface area contributed by atoms with E-state index in [-0.39, 0.29) is 6.61 Å². The first-order valence-corrected chi connectivity index (χ1v) is 3.97. The summed E-state index contributed by atoms with van der Waals surface area (Å²) >= 11 is 5.84. The van der Waals surface area contributed by atoms with Crippen LogP contribution in [0.1, 0.15) is 13.8 Å². The van der Waals surface area contributed by atoms with Crippen LogP contribution >= 0.6 is 11.6 Å². The standard InChI is InChI=1S/C7H12ClN3O/c1-7(2,4-12)11-6(8)5(9)3-10-11/h3,12H,4,9H2,1-2H3.